The Hall–Kier alpha value is -3.08. The van der Waals surface area contributed by atoms with E-state index in [2.05, 4.69) is 49.3 Å². The third-order valence-corrected chi connectivity index (χ3v) is 7.26. The fourth-order valence-corrected chi connectivity index (χ4v) is 5.69. The highest BCUT2D eigenvalue weighted by Crippen LogP contribution is 2.55. The molecule has 1 spiro atoms. The van der Waals surface area contributed by atoms with Crippen LogP contribution in [0.3, 0.4) is 0 Å². The van der Waals surface area contributed by atoms with Gasteiger partial charge in [0.15, 0.2) is 0 Å². The summed E-state index contributed by atoms with van der Waals surface area (Å²) in [6.45, 7) is 6.27. The normalized spacial score (nSPS) is 16.3. The summed E-state index contributed by atoms with van der Waals surface area (Å²) in [5.74, 6) is -0.193. The lowest BCUT2D eigenvalue weighted by Gasteiger charge is -2.47. The average Bonchev–Trinajstić information content (AvgIpc) is 3.22. The topological polar surface area (TPSA) is 45.6 Å². The van der Waals surface area contributed by atoms with Crippen LogP contribution in [0, 0.1) is 26.6 Å². The summed E-state index contributed by atoms with van der Waals surface area (Å²) < 4.78 is 17.6. The molecule has 0 atom stereocenters. The quantitative estimate of drug-likeness (QED) is 0.405. The van der Waals surface area contributed by atoms with E-state index in [9.17, 15) is 0 Å². The molecule has 0 amide bonds. The molecule has 0 unspecified atom stereocenters. The summed E-state index contributed by atoms with van der Waals surface area (Å²) in [5.41, 5.74) is 10.0. The Morgan fingerprint density at radius 1 is 1.13 bits per heavy atom. The Labute approximate surface area is 175 Å². The molecule has 6 rings (SSSR count). The third-order valence-electron chi connectivity index (χ3n) is 7.26. The van der Waals surface area contributed by atoms with Gasteiger partial charge in [0.25, 0.3) is 0 Å². The molecular weight excluding hydrogens is 375 g/mol. The lowest BCUT2D eigenvalue weighted by atomic mass is 9.67. The van der Waals surface area contributed by atoms with Crippen molar-refractivity contribution in [1.82, 2.24) is 14.8 Å². The van der Waals surface area contributed by atoms with Crippen molar-refractivity contribution in [3.05, 3.63) is 58.7 Å². The van der Waals surface area contributed by atoms with Gasteiger partial charge in [-0.25, -0.2) is 4.39 Å². The molecule has 1 aliphatic carbocycles. The molecule has 2 aromatic heterocycles. The molecular formula is C25H25FN4. The first-order chi connectivity index (χ1) is 14.4. The summed E-state index contributed by atoms with van der Waals surface area (Å²) in [7, 11) is 1.98. The lowest BCUT2D eigenvalue weighted by Crippen LogP contribution is -2.45. The largest absolute Gasteiger partial charge is 0.372 e. The van der Waals surface area contributed by atoms with Crippen LogP contribution in [0.1, 0.15) is 41.6 Å². The first-order valence-electron chi connectivity index (χ1n) is 10.6. The highest BCUT2D eigenvalue weighted by atomic mass is 19.1. The van der Waals surface area contributed by atoms with Gasteiger partial charge in [-0.1, -0.05) is 18.2 Å². The van der Waals surface area contributed by atoms with Crippen LogP contribution in [-0.4, -0.2) is 14.8 Å². The second-order valence-corrected chi connectivity index (χ2v) is 8.97. The minimum absolute atomic E-state index is 0.175. The number of aromatic amines is 1. The second-order valence-electron chi connectivity index (χ2n) is 8.97. The highest BCUT2D eigenvalue weighted by Gasteiger charge is 2.47. The molecule has 30 heavy (non-hydrogen) atoms. The van der Waals surface area contributed by atoms with Gasteiger partial charge in [-0.3, -0.25) is 4.68 Å². The van der Waals surface area contributed by atoms with Gasteiger partial charge in [-0.05, 0) is 62.8 Å². The number of nitrogens with zero attached hydrogens (tertiary/aromatic N) is 2. The monoisotopic (exact) mass is 400 g/mol. The average molecular weight is 401 g/mol. The Balaban J connectivity index is 1.68. The molecule has 1 fully saturated rings. The van der Waals surface area contributed by atoms with Gasteiger partial charge in [-0.15, -0.1) is 0 Å². The number of fused-ring (bicyclic) bond motifs is 5. The van der Waals surface area contributed by atoms with Crippen molar-refractivity contribution in [3.63, 3.8) is 0 Å². The number of H-pyrrole nitrogens is 1. The predicted molar refractivity (Wildman–Crippen MR) is 119 cm³/mol. The Morgan fingerprint density at radius 3 is 2.67 bits per heavy atom. The minimum Gasteiger partial charge on any atom is -0.372 e. The zero-order chi connectivity index (χ0) is 20.8. The molecule has 2 aliphatic rings. The van der Waals surface area contributed by atoms with Crippen molar-refractivity contribution in [2.24, 2.45) is 7.05 Å². The summed E-state index contributed by atoms with van der Waals surface area (Å²) in [6.07, 6.45) is 5.21. The van der Waals surface area contributed by atoms with Crippen LogP contribution in [0.15, 0.2) is 30.5 Å². The van der Waals surface area contributed by atoms with E-state index in [1.807, 2.05) is 17.9 Å². The van der Waals surface area contributed by atoms with Gasteiger partial charge in [0, 0.05) is 35.3 Å². The molecule has 152 valence electrons. The van der Waals surface area contributed by atoms with E-state index >= 15 is 4.39 Å². The number of hydrogen-bond acceptors (Lipinski definition) is 2. The van der Waals surface area contributed by atoms with Crippen molar-refractivity contribution < 1.29 is 4.39 Å². The number of halogens is 1. The van der Waals surface area contributed by atoms with E-state index in [1.54, 1.807) is 6.07 Å². The van der Waals surface area contributed by atoms with E-state index < -0.39 is 0 Å². The SMILES string of the molecule is Cc1nn(C)c2c1C1(CCC1)Nc1c(F)cc(-c3cccc4c(C)c[nH]c34)c(C)c1-2. The standard InChI is InChI=1S/C25H25FN4/c1-13-12-27-22-16(13)7-5-8-17(22)18-11-19(26)23-20(14(18)2)24-21(15(3)29-30(24)4)25(28-23)9-6-10-25/h5,7-8,11-12,27-28H,6,9-10H2,1-4H3. The maximum Gasteiger partial charge on any atom is 0.147 e. The summed E-state index contributed by atoms with van der Waals surface area (Å²) >= 11 is 0. The fraction of sp³-hybridized carbons (Fsp3) is 0.320. The Morgan fingerprint density at radius 2 is 1.93 bits per heavy atom. The molecule has 4 aromatic rings. The van der Waals surface area contributed by atoms with Gasteiger partial charge in [0.1, 0.15) is 5.82 Å². The molecule has 2 N–H and O–H groups in total. The van der Waals surface area contributed by atoms with Crippen LogP contribution in [0.5, 0.6) is 0 Å². The molecule has 0 bridgehead atoms. The smallest absolute Gasteiger partial charge is 0.147 e. The van der Waals surface area contributed by atoms with Gasteiger partial charge in [0.05, 0.1) is 28.1 Å². The van der Waals surface area contributed by atoms with Gasteiger partial charge < -0.3 is 10.3 Å². The van der Waals surface area contributed by atoms with E-state index in [-0.39, 0.29) is 11.4 Å². The van der Waals surface area contributed by atoms with E-state index in [0.717, 1.165) is 58.4 Å². The first kappa shape index (κ1) is 17.8. The molecule has 3 heterocycles. The van der Waals surface area contributed by atoms with Crippen molar-refractivity contribution in [2.45, 2.75) is 45.6 Å². The van der Waals surface area contributed by atoms with E-state index in [4.69, 9.17) is 5.10 Å². The van der Waals surface area contributed by atoms with Crippen molar-refractivity contribution in [3.8, 4) is 22.4 Å². The van der Waals surface area contributed by atoms with E-state index in [0.29, 0.717) is 5.69 Å². The van der Waals surface area contributed by atoms with Gasteiger partial charge >= 0.3 is 0 Å². The number of para-hydroxylation sites is 1. The summed E-state index contributed by atoms with van der Waals surface area (Å²) in [4.78, 5) is 3.39. The highest BCUT2D eigenvalue weighted by molar-refractivity contribution is 5.99. The van der Waals surface area contributed by atoms with Crippen molar-refractivity contribution >= 4 is 16.6 Å². The van der Waals surface area contributed by atoms with Gasteiger partial charge in [0.2, 0.25) is 0 Å². The fourth-order valence-electron chi connectivity index (χ4n) is 5.69. The predicted octanol–water partition coefficient (Wildman–Crippen LogP) is 6.10. The Kier molecular flexibility index (Phi) is 3.40. The van der Waals surface area contributed by atoms with Crippen LogP contribution in [-0.2, 0) is 12.6 Å². The zero-order valence-electron chi connectivity index (χ0n) is 17.8. The number of anilines is 1. The first-order valence-corrected chi connectivity index (χ1v) is 10.6. The van der Waals surface area contributed by atoms with Crippen molar-refractivity contribution in [2.75, 3.05) is 5.32 Å². The summed E-state index contributed by atoms with van der Waals surface area (Å²) in [6, 6.07) is 7.94. The van der Waals surface area contributed by atoms with Crippen LogP contribution in [0.4, 0.5) is 10.1 Å². The number of hydrogen-bond donors (Lipinski definition) is 2. The van der Waals surface area contributed by atoms with Crippen LogP contribution >= 0.6 is 0 Å². The second kappa shape index (κ2) is 5.75. The maximum absolute atomic E-state index is 15.6. The number of benzene rings is 2. The molecule has 4 nitrogen and oxygen atoms in total. The van der Waals surface area contributed by atoms with E-state index in [1.165, 1.54) is 16.5 Å². The van der Waals surface area contributed by atoms with Crippen LogP contribution in [0.2, 0.25) is 0 Å². The molecule has 5 heteroatoms. The number of aryl methyl sites for hydroxylation is 3. The molecule has 0 saturated heterocycles. The number of nitrogens with one attached hydrogen (secondary N) is 2. The van der Waals surface area contributed by atoms with Crippen LogP contribution < -0.4 is 5.32 Å². The number of rotatable bonds is 1. The molecule has 1 aliphatic heterocycles. The minimum atomic E-state index is -0.193. The Bertz CT molecular complexity index is 1350. The molecule has 1 saturated carbocycles. The summed E-state index contributed by atoms with van der Waals surface area (Å²) in [5, 5.41) is 9.53. The lowest BCUT2D eigenvalue weighted by molar-refractivity contribution is 0.280. The third kappa shape index (κ3) is 2.07. The maximum atomic E-state index is 15.6. The van der Waals surface area contributed by atoms with Crippen molar-refractivity contribution in [1.29, 1.82) is 0 Å². The van der Waals surface area contributed by atoms with Gasteiger partial charge in [-0.2, -0.15) is 5.10 Å². The molecule has 2 aromatic carbocycles. The molecule has 0 radical (unpaired) electrons. The zero-order valence-corrected chi connectivity index (χ0v) is 17.8. The number of aromatic nitrogens is 3. The van der Waals surface area contributed by atoms with Crippen LogP contribution in [0.25, 0.3) is 33.3 Å².